The standard InChI is InChI=1S/2C4H10N2O.4ClH/c2*5-3-1-7-2-4(3)6;;;;/h2*3-4H,1-2,5-6H2;4*1H/t2*3-,4+;;;;. The first-order valence-corrected chi connectivity index (χ1v) is 4.79. The van der Waals surface area contributed by atoms with Crippen molar-refractivity contribution in [1.29, 1.82) is 0 Å². The highest BCUT2D eigenvalue weighted by Gasteiger charge is 2.20. The van der Waals surface area contributed by atoms with Crippen LogP contribution in [0.1, 0.15) is 0 Å². The first-order valence-electron chi connectivity index (χ1n) is 4.79. The van der Waals surface area contributed by atoms with E-state index < -0.39 is 0 Å². The summed E-state index contributed by atoms with van der Waals surface area (Å²) in [4.78, 5) is 0. The lowest BCUT2D eigenvalue weighted by atomic mass is 10.2. The molecule has 0 amide bonds. The van der Waals surface area contributed by atoms with Crippen molar-refractivity contribution in [3.63, 3.8) is 0 Å². The second kappa shape index (κ2) is 14.3. The van der Waals surface area contributed by atoms with Crippen molar-refractivity contribution in [2.45, 2.75) is 24.2 Å². The largest absolute Gasteiger partial charge is 0.378 e. The Bertz CT molecular complexity index is 149. The van der Waals surface area contributed by atoms with E-state index in [1.807, 2.05) is 0 Å². The van der Waals surface area contributed by atoms with Gasteiger partial charge >= 0.3 is 0 Å². The van der Waals surface area contributed by atoms with Crippen LogP contribution < -0.4 is 22.9 Å². The Hall–Kier alpha value is 0.920. The van der Waals surface area contributed by atoms with Crippen LogP contribution in [0.4, 0.5) is 0 Å². The topological polar surface area (TPSA) is 123 Å². The molecule has 2 rings (SSSR count). The molecule has 0 aliphatic carbocycles. The Labute approximate surface area is 132 Å². The van der Waals surface area contributed by atoms with E-state index in [9.17, 15) is 0 Å². The lowest BCUT2D eigenvalue weighted by molar-refractivity contribution is 0.191. The molecule has 0 aromatic heterocycles. The fourth-order valence-corrected chi connectivity index (χ4v) is 1.17. The highest BCUT2D eigenvalue weighted by Crippen LogP contribution is 1.98. The molecule has 2 aliphatic rings. The molecule has 18 heavy (non-hydrogen) atoms. The molecule has 0 saturated carbocycles. The van der Waals surface area contributed by atoms with Gasteiger partial charge in [0.15, 0.2) is 0 Å². The van der Waals surface area contributed by atoms with Crippen molar-refractivity contribution in [3.05, 3.63) is 0 Å². The molecule has 2 saturated heterocycles. The van der Waals surface area contributed by atoms with Crippen LogP contribution in [0.25, 0.3) is 0 Å². The molecule has 2 fully saturated rings. The smallest absolute Gasteiger partial charge is 0.0634 e. The van der Waals surface area contributed by atoms with Gasteiger partial charge in [0.25, 0.3) is 0 Å². The predicted molar refractivity (Wildman–Crippen MR) is 82.5 cm³/mol. The lowest BCUT2D eigenvalue weighted by Gasteiger charge is -2.02. The first-order chi connectivity index (χ1) is 6.61. The van der Waals surface area contributed by atoms with Crippen molar-refractivity contribution >= 4 is 49.6 Å². The Balaban J connectivity index is -0.0000000891. The van der Waals surface area contributed by atoms with Gasteiger partial charge in [0, 0.05) is 24.2 Å². The normalized spacial score (nSPS) is 32.7. The van der Waals surface area contributed by atoms with Gasteiger partial charge in [-0.05, 0) is 0 Å². The molecular weight excluding hydrogens is 326 g/mol. The third-order valence-electron chi connectivity index (χ3n) is 2.34. The quantitative estimate of drug-likeness (QED) is 0.446. The highest BCUT2D eigenvalue weighted by atomic mass is 35.5. The van der Waals surface area contributed by atoms with Gasteiger partial charge in [0.1, 0.15) is 0 Å². The summed E-state index contributed by atoms with van der Waals surface area (Å²) in [5.74, 6) is 0. The van der Waals surface area contributed by atoms with Crippen molar-refractivity contribution in [3.8, 4) is 0 Å². The number of hydrogen-bond acceptors (Lipinski definition) is 6. The van der Waals surface area contributed by atoms with Crippen LogP contribution in [-0.2, 0) is 9.47 Å². The van der Waals surface area contributed by atoms with E-state index in [1.165, 1.54) is 0 Å². The number of halogens is 4. The van der Waals surface area contributed by atoms with Crippen LogP contribution in [0.2, 0.25) is 0 Å². The molecule has 0 bridgehead atoms. The molecule has 0 spiro atoms. The summed E-state index contributed by atoms with van der Waals surface area (Å²) < 4.78 is 9.84. The van der Waals surface area contributed by atoms with E-state index in [-0.39, 0.29) is 73.8 Å². The van der Waals surface area contributed by atoms with Gasteiger partial charge in [-0.25, -0.2) is 0 Å². The van der Waals surface area contributed by atoms with Crippen LogP contribution >= 0.6 is 49.6 Å². The maximum Gasteiger partial charge on any atom is 0.0634 e. The van der Waals surface area contributed by atoms with E-state index in [0.717, 1.165) is 0 Å². The third kappa shape index (κ3) is 9.80. The molecule has 8 N–H and O–H groups in total. The van der Waals surface area contributed by atoms with Crippen molar-refractivity contribution in [1.82, 2.24) is 0 Å². The van der Waals surface area contributed by atoms with E-state index in [0.29, 0.717) is 26.4 Å². The Morgan fingerprint density at radius 3 is 0.722 bits per heavy atom. The van der Waals surface area contributed by atoms with Crippen molar-refractivity contribution < 1.29 is 9.47 Å². The predicted octanol–water partition coefficient (Wildman–Crippen LogP) is -0.970. The first kappa shape index (κ1) is 27.3. The summed E-state index contributed by atoms with van der Waals surface area (Å²) in [5, 5.41) is 0. The Kier molecular flexibility index (Phi) is 21.7. The Morgan fingerprint density at radius 1 is 0.500 bits per heavy atom. The molecular formula is C8H24Cl4N4O2. The number of hydrogen-bond donors (Lipinski definition) is 4. The zero-order valence-corrected chi connectivity index (χ0v) is 13.2. The van der Waals surface area contributed by atoms with Gasteiger partial charge < -0.3 is 32.4 Å². The zero-order chi connectivity index (χ0) is 10.6. The third-order valence-corrected chi connectivity index (χ3v) is 2.34. The second-order valence-corrected chi connectivity index (χ2v) is 3.73. The van der Waals surface area contributed by atoms with Crippen LogP contribution in [0.15, 0.2) is 0 Å². The van der Waals surface area contributed by atoms with Gasteiger partial charge in [0.2, 0.25) is 0 Å². The Morgan fingerprint density at radius 2 is 0.667 bits per heavy atom. The molecule has 0 aromatic carbocycles. The minimum absolute atomic E-state index is 0. The van der Waals surface area contributed by atoms with Crippen molar-refractivity contribution in [2.75, 3.05) is 26.4 Å². The van der Waals surface area contributed by atoms with Gasteiger partial charge in [-0.1, -0.05) is 0 Å². The summed E-state index contributed by atoms with van der Waals surface area (Å²) in [6.45, 7) is 2.50. The SMILES string of the molecule is Cl.Cl.Cl.Cl.N[C@@H]1COC[C@@H]1N.N[C@@H]1COC[C@@H]1N. The summed E-state index contributed by atoms with van der Waals surface area (Å²) in [5.41, 5.74) is 21.7. The molecule has 2 heterocycles. The summed E-state index contributed by atoms with van der Waals surface area (Å²) in [6.07, 6.45) is 0. The van der Waals surface area contributed by atoms with Crippen LogP contribution in [0.5, 0.6) is 0 Å². The van der Waals surface area contributed by atoms with Gasteiger partial charge in [-0.2, -0.15) is 0 Å². The molecule has 0 aromatic rings. The molecule has 4 atom stereocenters. The van der Waals surface area contributed by atoms with Crippen LogP contribution in [-0.4, -0.2) is 50.6 Å². The average molecular weight is 350 g/mol. The molecule has 116 valence electrons. The number of rotatable bonds is 0. The summed E-state index contributed by atoms with van der Waals surface area (Å²) in [6, 6.07) is 0.278. The monoisotopic (exact) mass is 348 g/mol. The molecule has 0 unspecified atom stereocenters. The summed E-state index contributed by atoms with van der Waals surface area (Å²) in [7, 11) is 0. The molecule has 10 heteroatoms. The maximum atomic E-state index is 5.43. The van der Waals surface area contributed by atoms with E-state index in [1.54, 1.807) is 0 Å². The average Bonchev–Trinajstić information content (AvgIpc) is 2.67. The van der Waals surface area contributed by atoms with Gasteiger partial charge in [0.05, 0.1) is 26.4 Å². The fraction of sp³-hybridized carbons (Fsp3) is 1.00. The number of ether oxygens (including phenoxy) is 2. The van der Waals surface area contributed by atoms with Gasteiger partial charge in [-0.3, -0.25) is 0 Å². The zero-order valence-electron chi connectivity index (χ0n) is 9.90. The maximum absolute atomic E-state index is 5.43. The minimum atomic E-state index is 0. The molecule has 2 aliphatic heterocycles. The fourth-order valence-electron chi connectivity index (χ4n) is 1.17. The second-order valence-electron chi connectivity index (χ2n) is 3.73. The minimum Gasteiger partial charge on any atom is -0.378 e. The van der Waals surface area contributed by atoms with Crippen molar-refractivity contribution in [2.24, 2.45) is 22.9 Å². The van der Waals surface area contributed by atoms with E-state index >= 15 is 0 Å². The lowest BCUT2D eigenvalue weighted by Crippen LogP contribution is -2.39. The van der Waals surface area contributed by atoms with Gasteiger partial charge in [-0.15, -0.1) is 49.6 Å². The number of nitrogens with two attached hydrogens (primary N) is 4. The van der Waals surface area contributed by atoms with E-state index in [2.05, 4.69) is 0 Å². The molecule has 6 nitrogen and oxygen atoms in total. The highest BCUT2D eigenvalue weighted by molar-refractivity contribution is 5.86. The summed E-state index contributed by atoms with van der Waals surface area (Å²) >= 11 is 0. The van der Waals surface area contributed by atoms with Crippen LogP contribution in [0.3, 0.4) is 0 Å². The van der Waals surface area contributed by atoms with E-state index in [4.69, 9.17) is 32.4 Å². The molecule has 0 radical (unpaired) electrons. The van der Waals surface area contributed by atoms with Crippen LogP contribution in [0, 0.1) is 0 Å².